The number of carboxylic acid groups (broad SMARTS) is 1. The Morgan fingerprint density at radius 3 is 2.45 bits per heavy atom. The highest BCUT2D eigenvalue weighted by atomic mass is 35.5. The molecule has 1 heterocycles. The van der Waals surface area contributed by atoms with Gasteiger partial charge in [0, 0.05) is 50.8 Å². The molecular weight excluding hydrogens is 592 g/mol. The van der Waals surface area contributed by atoms with Gasteiger partial charge in [0.1, 0.15) is 11.6 Å². The van der Waals surface area contributed by atoms with Crippen LogP contribution in [0.4, 0.5) is 0 Å². The van der Waals surface area contributed by atoms with E-state index in [1.54, 1.807) is 56.2 Å². The standard InChI is InChI=1S/C29H26Cl2NO6PS/c1-18(32-26(29(33)34)16-19-5-4-6-23(13-19)40(3,36)37)28-24(30)14-20(15-25(28)31)10-12-39(2,35)22-8-7-21-9-11-38-27(21)17-22/h4-9,11,13-15,17-18,26,32H,16H2,1-3H3,(H,33,34)/t18?,26-,39?/m0/s1. The molecule has 0 aliphatic heterocycles. The maximum Gasteiger partial charge on any atom is 0.321 e. The number of hydrogen-bond donors (Lipinski definition) is 2. The summed E-state index contributed by atoms with van der Waals surface area (Å²) in [6, 6.07) is 14.9. The first-order valence-electron chi connectivity index (χ1n) is 12.1. The van der Waals surface area contributed by atoms with Crippen LogP contribution in [0.15, 0.2) is 76.2 Å². The van der Waals surface area contributed by atoms with Crippen molar-refractivity contribution in [2.75, 3.05) is 12.9 Å². The molecule has 3 atom stereocenters. The Balaban J connectivity index is 1.54. The van der Waals surface area contributed by atoms with Crippen molar-refractivity contribution < 1.29 is 27.3 Å². The Hall–Kier alpha value is -3.05. The lowest BCUT2D eigenvalue weighted by atomic mass is 10.0. The molecule has 0 fully saturated rings. The lowest BCUT2D eigenvalue weighted by Gasteiger charge is -2.22. The second-order valence-electron chi connectivity index (χ2n) is 9.56. The third kappa shape index (κ3) is 6.98. The van der Waals surface area contributed by atoms with Crippen LogP contribution in [0, 0.1) is 11.6 Å². The molecule has 4 aromatic rings. The fraction of sp³-hybridized carbons (Fsp3) is 0.207. The second-order valence-corrected chi connectivity index (χ2v) is 15.0. The number of fused-ring (bicyclic) bond motifs is 1. The molecule has 2 unspecified atom stereocenters. The Kier molecular flexibility index (Phi) is 8.84. The van der Waals surface area contributed by atoms with Crippen LogP contribution in [0.3, 0.4) is 0 Å². The van der Waals surface area contributed by atoms with Crippen LogP contribution in [-0.2, 0) is 25.6 Å². The summed E-state index contributed by atoms with van der Waals surface area (Å²) >= 11 is 13.1. The zero-order valence-electron chi connectivity index (χ0n) is 21.8. The molecule has 0 saturated heterocycles. The van der Waals surface area contributed by atoms with Gasteiger partial charge in [-0.05, 0) is 67.0 Å². The molecule has 0 radical (unpaired) electrons. The van der Waals surface area contributed by atoms with Crippen LogP contribution in [-0.4, -0.2) is 38.5 Å². The summed E-state index contributed by atoms with van der Waals surface area (Å²) in [5.41, 5.74) is 4.96. The number of benzene rings is 3. The molecule has 2 N–H and O–H groups in total. The molecule has 208 valence electrons. The molecule has 0 bridgehead atoms. The van der Waals surface area contributed by atoms with Crippen LogP contribution in [0.2, 0.25) is 10.0 Å². The predicted octanol–water partition coefficient (Wildman–Crippen LogP) is 6.12. The maximum absolute atomic E-state index is 13.3. The van der Waals surface area contributed by atoms with Crippen LogP contribution in [0.1, 0.15) is 29.7 Å². The molecule has 1 aromatic heterocycles. The molecule has 7 nitrogen and oxygen atoms in total. The highest BCUT2D eigenvalue weighted by Gasteiger charge is 2.24. The van der Waals surface area contributed by atoms with Crippen molar-refractivity contribution in [3.63, 3.8) is 0 Å². The van der Waals surface area contributed by atoms with E-state index in [4.69, 9.17) is 27.6 Å². The van der Waals surface area contributed by atoms with Gasteiger partial charge in [0.2, 0.25) is 0 Å². The van der Waals surface area contributed by atoms with E-state index in [2.05, 4.69) is 16.9 Å². The fourth-order valence-electron chi connectivity index (χ4n) is 4.26. The zero-order valence-corrected chi connectivity index (χ0v) is 25.0. The van der Waals surface area contributed by atoms with E-state index in [1.165, 1.54) is 12.1 Å². The number of hydrogen-bond acceptors (Lipinski definition) is 6. The molecule has 4 rings (SSSR count). The van der Waals surface area contributed by atoms with E-state index in [0.29, 0.717) is 27.6 Å². The van der Waals surface area contributed by atoms with E-state index in [1.807, 2.05) is 12.1 Å². The smallest absolute Gasteiger partial charge is 0.321 e. The average molecular weight is 618 g/mol. The lowest BCUT2D eigenvalue weighted by molar-refractivity contribution is -0.139. The molecule has 0 spiro atoms. The molecule has 0 aliphatic rings. The van der Waals surface area contributed by atoms with E-state index in [0.717, 1.165) is 11.6 Å². The van der Waals surface area contributed by atoms with Crippen molar-refractivity contribution in [1.82, 2.24) is 5.32 Å². The number of carbonyl (C=O) groups is 1. The largest absolute Gasteiger partial charge is 0.480 e. The van der Waals surface area contributed by atoms with E-state index < -0.39 is 35.0 Å². The van der Waals surface area contributed by atoms with Gasteiger partial charge in [-0.3, -0.25) is 10.1 Å². The predicted molar refractivity (Wildman–Crippen MR) is 159 cm³/mol. The first kappa shape index (κ1) is 29.9. The van der Waals surface area contributed by atoms with Gasteiger partial charge < -0.3 is 14.1 Å². The van der Waals surface area contributed by atoms with E-state index in [-0.39, 0.29) is 21.4 Å². The Labute approximate surface area is 242 Å². The van der Waals surface area contributed by atoms with Gasteiger partial charge >= 0.3 is 5.97 Å². The minimum Gasteiger partial charge on any atom is -0.480 e. The first-order valence-corrected chi connectivity index (χ1v) is 16.9. The topological polar surface area (TPSA) is 114 Å². The number of carboxylic acids is 1. The summed E-state index contributed by atoms with van der Waals surface area (Å²) < 4.78 is 42.5. The van der Waals surface area contributed by atoms with Crippen molar-refractivity contribution in [3.8, 4) is 11.6 Å². The lowest BCUT2D eigenvalue weighted by Crippen LogP contribution is -2.40. The summed E-state index contributed by atoms with van der Waals surface area (Å²) in [5, 5.41) is 14.9. The van der Waals surface area contributed by atoms with Crippen molar-refractivity contribution in [3.05, 3.63) is 93.7 Å². The quantitative estimate of drug-likeness (QED) is 0.181. The highest BCUT2D eigenvalue weighted by Crippen LogP contribution is 2.40. The molecule has 11 heteroatoms. The number of rotatable bonds is 8. The van der Waals surface area contributed by atoms with Gasteiger partial charge in [-0.25, -0.2) is 8.42 Å². The Morgan fingerprint density at radius 1 is 1.10 bits per heavy atom. The summed E-state index contributed by atoms with van der Waals surface area (Å²) in [6.07, 6.45) is 2.70. The Morgan fingerprint density at radius 2 is 1.80 bits per heavy atom. The zero-order chi connectivity index (χ0) is 29.2. The van der Waals surface area contributed by atoms with Gasteiger partial charge in [0.25, 0.3) is 0 Å². The van der Waals surface area contributed by atoms with Crippen molar-refractivity contribution in [1.29, 1.82) is 0 Å². The van der Waals surface area contributed by atoms with Gasteiger partial charge in [0.05, 0.1) is 11.2 Å². The monoisotopic (exact) mass is 617 g/mol. The summed E-state index contributed by atoms with van der Waals surface area (Å²) in [4.78, 5) is 12.1. The van der Waals surface area contributed by atoms with Gasteiger partial charge in [-0.1, -0.05) is 47.3 Å². The molecule has 40 heavy (non-hydrogen) atoms. The average Bonchev–Trinajstić information content (AvgIpc) is 3.34. The van der Waals surface area contributed by atoms with E-state index >= 15 is 0 Å². The minimum atomic E-state index is -3.43. The maximum atomic E-state index is 13.3. The molecule has 0 amide bonds. The second kappa shape index (κ2) is 11.8. The third-order valence-corrected chi connectivity index (χ3v) is 9.91. The van der Waals surface area contributed by atoms with Crippen LogP contribution in [0.25, 0.3) is 11.0 Å². The molecule has 0 aliphatic carbocycles. The minimum absolute atomic E-state index is 0.0391. The fourth-order valence-corrected chi connectivity index (χ4v) is 6.96. The third-order valence-electron chi connectivity index (χ3n) is 6.37. The van der Waals surface area contributed by atoms with Gasteiger partial charge in [0.15, 0.2) is 17.0 Å². The van der Waals surface area contributed by atoms with Crippen LogP contribution in [0.5, 0.6) is 0 Å². The van der Waals surface area contributed by atoms with E-state index in [9.17, 15) is 22.9 Å². The van der Waals surface area contributed by atoms with Crippen molar-refractivity contribution >= 4 is 62.4 Å². The van der Waals surface area contributed by atoms with Crippen molar-refractivity contribution in [2.45, 2.75) is 30.3 Å². The molecule has 3 aromatic carbocycles. The summed E-state index contributed by atoms with van der Waals surface area (Å²) in [7, 11) is -6.49. The number of aliphatic carboxylic acids is 1. The molecular formula is C29H26Cl2NO6PS. The Bertz CT molecular complexity index is 1800. The van der Waals surface area contributed by atoms with Crippen LogP contribution >= 0.6 is 30.3 Å². The van der Waals surface area contributed by atoms with Crippen molar-refractivity contribution in [2.24, 2.45) is 0 Å². The van der Waals surface area contributed by atoms with Gasteiger partial charge in [-0.15, -0.1) is 0 Å². The SMILES string of the molecule is CC(N[C@@H](Cc1cccc(S(C)(=O)=O)c1)C(=O)O)c1c(Cl)cc(C#CP(C)(=O)c2ccc3ccoc3c2)cc1Cl. The molecule has 0 saturated carbocycles. The number of nitrogens with one attached hydrogen (secondary N) is 1. The normalized spacial score (nSPS) is 14.6. The highest BCUT2D eigenvalue weighted by molar-refractivity contribution is 7.90. The number of halogens is 2. The first-order chi connectivity index (χ1) is 18.7. The summed E-state index contributed by atoms with van der Waals surface area (Å²) in [6.45, 7) is 3.30. The number of sulfone groups is 1. The number of furan rings is 1. The van der Waals surface area contributed by atoms with Crippen LogP contribution < -0.4 is 10.6 Å². The summed E-state index contributed by atoms with van der Waals surface area (Å²) in [5.74, 6) is 1.79. The van der Waals surface area contributed by atoms with Gasteiger partial charge in [-0.2, -0.15) is 0 Å².